The fourth-order valence-electron chi connectivity index (χ4n) is 12.6. The average Bonchev–Trinajstić information content (AvgIpc) is 2.91. The molecule has 10 rings (SSSR count). The van der Waals surface area contributed by atoms with Crippen molar-refractivity contribution in [2.45, 2.75) is 178 Å². The molecule has 0 radical (unpaired) electrons. The molecule has 0 saturated carbocycles. The Labute approximate surface area is 507 Å². The van der Waals surface area contributed by atoms with Gasteiger partial charge in [0.15, 0.2) is 0 Å². The van der Waals surface area contributed by atoms with Gasteiger partial charge in [-0.25, -0.2) is 14.8 Å². The number of hydrogen-bond donors (Lipinski definition) is 6. The molecule has 7 N–H and O–H groups in total. The van der Waals surface area contributed by atoms with Crippen molar-refractivity contribution in [3.05, 3.63) is 83.2 Å². The minimum atomic E-state index is -4.39. The molecule has 8 heterocycles. The van der Waals surface area contributed by atoms with Gasteiger partial charge in [0.25, 0.3) is 0 Å². The van der Waals surface area contributed by atoms with E-state index in [-0.39, 0.29) is 43.3 Å². The minimum absolute atomic E-state index is 0.142. The Kier molecular flexibility index (Phi) is 20.6. The van der Waals surface area contributed by atoms with Crippen molar-refractivity contribution in [3.63, 3.8) is 0 Å². The summed E-state index contributed by atoms with van der Waals surface area (Å²) in [5.74, 6) is 0.138. The predicted octanol–water partition coefficient (Wildman–Crippen LogP) is 11.8. The maximum absolute atomic E-state index is 13.3. The highest BCUT2D eigenvalue weighted by Crippen LogP contribution is 2.39. The van der Waals surface area contributed by atoms with Gasteiger partial charge in [-0.3, -0.25) is 9.59 Å². The van der Waals surface area contributed by atoms with Gasteiger partial charge in [-0.15, -0.1) is 0 Å². The van der Waals surface area contributed by atoms with Crippen molar-refractivity contribution in [2.24, 2.45) is 17.6 Å². The fourth-order valence-corrected chi connectivity index (χ4v) is 12.6. The smallest absolute Gasteiger partial charge is 0.408 e. The monoisotopic (exact) mass is 1220 g/mol. The molecule has 6 fully saturated rings. The Bertz CT molecular complexity index is 3030. The number of nitrogens with two attached hydrogens (primary N) is 1. The molecule has 4 unspecified atom stereocenters. The van der Waals surface area contributed by atoms with E-state index in [0.717, 1.165) is 121 Å². The molecule has 22 heteroatoms. The summed E-state index contributed by atoms with van der Waals surface area (Å²) in [5.41, 5.74) is 14.3. The summed E-state index contributed by atoms with van der Waals surface area (Å²) in [4.78, 5) is 53.4. The first-order valence-corrected chi connectivity index (χ1v) is 31.0. The first-order valence-electron chi connectivity index (χ1n) is 31.0. The number of amides is 3. The summed E-state index contributed by atoms with van der Waals surface area (Å²) in [6.07, 6.45) is -2.20. The number of aromatic nitrogens is 2. The lowest BCUT2D eigenvalue weighted by atomic mass is 9.89. The maximum atomic E-state index is 13.3. The van der Waals surface area contributed by atoms with Crippen molar-refractivity contribution < 1.29 is 54.9 Å². The molecule has 2 aromatic carbocycles. The van der Waals surface area contributed by atoms with Gasteiger partial charge in [-0.05, 0) is 221 Å². The van der Waals surface area contributed by atoms with Crippen molar-refractivity contribution in [1.82, 2.24) is 25.9 Å². The number of piperidine rings is 4. The van der Waals surface area contributed by atoms with Crippen LogP contribution in [-0.2, 0) is 23.8 Å². The number of halogens is 6. The lowest BCUT2D eigenvalue weighted by Crippen LogP contribution is -2.54. The summed E-state index contributed by atoms with van der Waals surface area (Å²) in [6.45, 7) is 19.9. The number of rotatable bonds is 11. The topological polar surface area (TPSA) is 197 Å². The highest BCUT2D eigenvalue weighted by molar-refractivity contribution is 5.94. The van der Waals surface area contributed by atoms with E-state index in [1.165, 1.54) is 0 Å². The molecule has 87 heavy (non-hydrogen) atoms. The summed E-state index contributed by atoms with van der Waals surface area (Å²) in [5, 5.41) is 13.8. The van der Waals surface area contributed by atoms with Gasteiger partial charge in [0, 0.05) is 110 Å². The van der Waals surface area contributed by atoms with E-state index >= 15 is 0 Å². The molecule has 6 aliphatic rings. The van der Waals surface area contributed by atoms with Crippen LogP contribution in [0.2, 0.25) is 0 Å². The summed E-state index contributed by atoms with van der Waals surface area (Å²) >= 11 is 0. The first kappa shape index (κ1) is 65.4. The van der Waals surface area contributed by atoms with Crippen molar-refractivity contribution in [1.29, 1.82) is 0 Å². The summed E-state index contributed by atoms with van der Waals surface area (Å²) < 4.78 is 96.5. The normalized spacial score (nSPS) is 23.2. The van der Waals surface area contributed by atoms with Crippen LogP contribution in [0.1, 0.15) is 146 Å². The highest BCUT2D eigenvalue weighted by atomic mass is 19.4. The average molecular weight is 1220 g/mol. The third-order valence-corrected chi connectivity index (χ3v) is 18.1. The van der Waals surface area contributed by atoms with Gasteiger partial charge in [0.1, 0.15) is 29.3 Å². The lowest BCUT2D eigenvalue weighted by Gasteiger charge is -2.41. The lowest BCUT2D eigenvalue weighted by molar-refractivity contribution is -0.165. The van der Waals surface area contributed by atoms with Crippen LogP contribution >= 0.6 is 0 Å². The minimum Gasteiger partial charge on any atom is -0.444 e. The second-order valence-corrected chi connectivity index (χ2v) is 26.4. The number of alkyl carbamates (subject to hydrolysis) is 1. The van der Waals surface area contributed by atoms with Crippen LogP contribution in [0.15, 0.2) is 60.7 Å². The van der Waals surface area contributed by atoms with E-state index < -0.39 is 59.4 Å². The molecule has 6 saturated heterocycles. The molecule has 0 spiro atoms. The summed E-state index contributed by atoms with van der Waals surface area (Å²) in [6, 6.07) is 16.4. The number of aryl methyl sites for hydroxylation is 2. The third-order valence-electron chi connectivity index (χ3n) is 18.1. The molecule has 3 amide bonds. The fraction of sp³-hybridized carbons (Fsp3) is 0.615. The van der Waals surface area contributed by atoms with Gasteiger partial charge < -0.3 is 56.3 Å². The standard InChI is InChI=1S/C35H48F3N5O4.C30H40F3N5O2/c1-22-6-7-26(40-31(44)24-8-13-39-29(19-24)35(36,37)38)21-27(22)25-18-28(23-9-16-46-17-10-23)41-30(20-25)43-14-11-34(5,12-15-43)42-32(45)47-33(2,3)4;1-19-3-4-23(36-28(39)21-5-10-35-26(16-21)30(31,32)33)18-24(19)22-15-25(20-6-13-40-14-7-20)37-27(17-22)38-11-8-29(2,34)9-12-38/h6-7,18,20-21,23-24,29,39H,8-17,19H2,1-5H3,(H,40,44)(H,42,45);3-4,15,17-18,20-21,26,35H,5-14,16,34H2,1-2H3,(H,36,39). The molecule has 16 nitrogen and oxygen atoms in total. The quantitative estimate of drug-likeness (QED) is 0.0777. The number of carbonyl (C=O) groups is 3. The molecule has 0 aliphatic carbocycles. The Balaban J connectivity index is 0.000000210. The largest absolute Gasteiger partial charge is 0.444 e. The number of nitrogens with zero attached hydrogens (tertiary/aromatic N) is 4. The van der Waals surface area contributed by atoms with E-state index in [2.05, 4.69) is 67.6 Å². The zero-order valence-corrected chi connectivity index (χ0v) is 51.4. The number of alkyl halides is 6. The highest BCUT2D eigenvalue weighted by Gasteiger charge is 2.45. The Morgan fingerprint density at radius 2 is 1.01 bits per heavy atom. The number of hydrogen-bond acceptors (Lipinski definition) is 13. The van der Waals surface area contributed by atoms with Crippen molar-refractivity contribution >= 4 is 40.9 Å². The van der Waals surface area contributed by atoms with E-state index in [1.54, 1.807) is 6.07 Å². The van der Waals surface area contributed by atoms with Crippen LogP contribution < -0.4 is 42.1 Å². The molecule has 2 aromatic heterocycles. The van der Waals surface area contributed by atoms with Gasteiger partial charge in [-0.2, -0.15) is 26.3 Å². The number of ether oxygens (including phenoxy) is 3. The van der Waals surface area contributed by atoms with E-state index in [0.29, 0.717) is 69.7 Å². The molecule has 476 valence electrons. The molecule has 6 aliphatic heterocycles. The van der Waals surface area contributed by atoms with Gasteiger partial charge in [0.05, 0.1) is 0 Å². The van der Waals surface area contributed by atoms with Crippen molar-refractivity contribution in [2.75, 3.05) is 86.1 Å². The number of carbonyl (C=O) groups excluding carboxylic acids is 3. The van der Waals surface area contributed by atoms with Crippen LogP contribution in [-0.4, -0.2) is 135 Å². The first-order chi connectivity index (χ1) is 41.1. The van der Waals surface area contributed by atoms with Crippen LogP contribution in [0, 0.1) is 25.7 Å². The third kappa shape index (κ3) is 17.6. The number of nitrogens with one attached hydrogen (secondary N) is 5. The second-order valence-electron chi connectivity index (χ2n) is 26.4. The van der Waals surface area contributed by atoms with Crippen LogP contribution in [0.4, 0.5) is 54.1 Å². The molecule has 4 aromatic rings. The van der Waals surface area contributed by atoms with Gasteiger partial charge in [0.2, 0.25) is 11.8 Å². The van der Waals surface area contributed by atoms with E-state index in [4.69, 9.17) is 29.9 Å². The van der Waals surface area contributed by atoms with E-state index in [1.807, 2.05) is 71.9 Å². The van der Waals surface area contributed by atoms with E-state index in [9.17, 15) is 40.7 Å². The maximum Gasteiger partial charge on any atom is 0.408 e. The van der Waals surface area contributed by atoms with Crippen molar-refractivity contribution in [3.8, 4) is 22.3 Å². The second kappa shape index (κ2) is 27.4. The molecular weight excluding hydrogens is 1130 g/mol. The van der Waals surface area contributed by atoms with Crippen LogP contribution in [0.3, 0.4) is 0 Å². The number of anilines is 4. The Morgan fingerprint density at radius 1 is 0.609 bits per heavy atom. The Morgan fingerprint density at radius 3 is 1.40 bits per heavy atom. The SMILES string of the molecule is Cc1ccc(NC(=O)C2CCNC(C(F)(F)F)C2)cc1-c1cc(C2CCOCC2)nc(N2CCC(C)(N)CC2)c1.Cc1ccc(NC(=O)C2CCNC(C(F)(F)F)C2)cc1-c1cc(C2CCOCC2)nc(N2CCC(C)(NC(=O)OC(C)(C)C)CC2)c1. The number of benzene rings is 2. The van der Waals surface area contributed by atoms with Gasteiger partial charge in [-0.1, -0.05) is 12.1 Å². The molecule has 4 atom stereocenters. The molecular formula is C65H88F6N10O6. The zero-order valence-electron chi connectivity index (χ0n) is 51.4. The number of pyridine rings is 2. The zero-order chi connectivity index (χ0) is 62.5. The summed E-state index contributed by atoms with van der Waals surface area (Å²) in [7, 11) is 0. The van der Waals surface area contributed by atoms with Crippen LogP contribution in [0.25, 0.3) is 22.3 Å². The molecule has 0 bridgehead atoms. The van der Waals surface area contributed by atoms with Crippen LogP contribution in [0.5, 0.6) is 0 Å². The van der Waals surface area contributed by atoms with Gasteiger partial charge >= 0.3 is 18.4 Å². The predicted molar refractivity (Wildman–Crippen MR) is 326 cm³/mol. The Hall–Kier alpha value is -6.07.